The molecule has 114 valence electrons. The van der Waals surface area contributed by atoms with E-state index < -0.39 is 10.0 Å². The minimum absolute atomic E-state index is 0.128. The van der Waals surface area contributed by atoms with Crippen LogP contribution in [0, 0.1) is 0 Å². The second-order valence-corrected chi connectivity index (χ2v) is 7.81. The van der Waals surface area contributed by atoms with Crippen molar-refractivity contribution in [3.8, 4) is 0 Å². The molecule has 0 radical (unpaired) electrons. The number of thiazole rings is 1. The molecule has 0 saturated carbocycles. The highest BCUT2D eigenvalue weighted by Crippen LogP contribution is 2.18. The van der Waals surface area contributed by atoms with Gasteiger partial charge in [-0.1, -0.05) is 12.1 Å². The van der Waals surface area contributed by atoms with Crippen molar-refractivity contribution in [3.05, 3.63) is 46.4 Å². The van der Waals surface area contributed by atoms with E-state index in [1.54, 1.807) is 23.5 Å². The van der Waals surface area contributed by atoms with E-state index in [-0.39, 0.29) is 6.04 Å². The van der Waals surface area contributed by atoms with E-state index in [1.807, 2.05) is 29.9 Å². The number of sulfonamides is 1. The fourth-order valence-electron chi connectivity index (χ4n) is 1.84. The summed E-state index contributed by atoms with van der Waals surface area (Å²) in [6, 6.07) is 7.10. The Morgan fingerprint density at radius 2 is 1.95 bits per heavy atom. The molecule has 0 aliphatic heterocycles. The van der Waals surface area contributed by atoms with Gasteiger partial charge in [-0.3, -0.25) is 0 Å². The van der Waals surface area contributed by atoms with E-state index in [4.69, 9.17) is 0 Å². The Morgan fingerprint density at radius 3 is 2.48 bits per heavy atom. The summed E-state index contributed by atoms with van der Waals surface area (Å²) in [5.74, 6) is 0. The lowest BCUT2D eigenvalue weighted by molar-refractivity contribution is 0.520. The quantitative estimate of drug-likeness (QED) is 0.885. The van der Waals surface area contributed by atoms with Gasteiger partial charge >= 0.3 is 0 Å². The summed E-state index contributed by atoms with van der Waals surface area (Å²) in [5, 5.41) is 5.37. The Bertz CT molecular complexity index is 665. The lowest BCUT2D eigenvalue weighted by atomic mass is 10.1. The first-order valence-corrected chi connectivity index (χ1v) is 8.92. The molecule has 0 spiro atoms. The number of nitrogens with one attached hydrogen (secondary N) is 1. The number of hydrogen-bond acceptors (Lipinski definition) is 5. The van der Waals surface area contributed by atoms with Gasteiger partial charge in [0.05, 0.1) is 16.1 Å². The maximum absolute atomic E-state index is 12.0. The van der Waals surface area contributed by atoms with Crippen molar-refractivity contribution in [2.24, 2.45) is 0 Å². The lowest BCUT2D eigenvalue weighted by Gasteiger charge is -2.15. The molecule has 1 heterocycles. The smallest absolute Gasteiger partial charge is 0.242 e. The average Bonchev–Trinajstić information content (AvgIpc) is 2.98. The monoisotopic (exact) mass is 325 g/mol. The highest BCUT2D eigenvalue weighted by Gasteiger charge is 2.17. The van der Waals surface area contributed by atoms with Crippen LogP contribution in [-0.2, 0) is 16.6 Å². The zero-order valence-corrected chi connectivity index (χ0v) is 13.9. The van der Waals surface area contributed by atoms with Gasteiger partial charge in [0.25, 0.3) is 0 Å². The summed E-state index contributed by atoms with van der Waals surface area (Å²) < 4.78 is 25.2. The molecule has 7 heteroatoms. The number of aromatic nitrogens is 1. The van der Waals surface area contributed by atoms with Gasteiger partial charge in [0.15, 0.2) is 0 Å². The third-order valence-electron chi connectivity index (χ3n) is 3.23. The summed E-state index contributed by atoms with van der Waals surface area (Å²) in [4.78, 5) is 4.53. The minimum Gasteiger partial charge on any atom is -0.305 e. The normalized spacial score (nSPS) is 13.5. The van der Waals surface area contributed by atoms with Gasteiger partial charge in [-0.2, -0.15) is 0 Å². The molecular formula is C14H19N3O2S2. The van der Waals surface area contributed by atoms with Crippen molar-refractivity contribution in [1.29, 1.82) is 0 Å². The Hall–Kier alpha value is -1.28. The lowest BCUT2D eigenvalue weighted by Crippen LogP contribution is -2.22. The highest BCUT2D eigenvalue weighted by atomic mass is 32.2. The van der Waals surface area contributed by atoms with Gasteiger partial charge in [0.2, 0.25) is 10.0 Å². The molecule has 21 heavy (non-hydrogen) atoms. The van der Waals surface area contributed by atoms with E-state index in [0.29, 0.717) is 11.4 Å². The Balaban J connectivity index is 2.05. The van der Waals surface area contributed by atoms with Crippen LogP contribution in [0.2, 0.25) is 0 Å². The summed E-state index contributed by atoms with van der Waals surface area (Å²) in [6.07, 6.45) is 0. The van der Waals surface area contributed by atoms with Crippen molar-refractivity contribution in [2.75, 3.05) is 14.1 Å². The van der Waals surface area contributed by atoms with E-state index in [1.165, 1.54) is 18.4 Å². The zero-order valence-electron chi connectivity index (χ0n) is 12.3. The predicted molar refractivity (Wildman–Crippen MR) is 84.7 cm³/mol. The van der Waals surface area contributed by atoms with Gasteiger partial charge < -0.3 is 5.32 Å². The number of benzene rings is 1. The van der Waals surface area contributed by atoms with Gasteiger partial charge in [-0.05, 0) is 24.6 Å². The molecule has 2 rings (SSSR count). The number of hydrogen-bond donors (Lipinski definition) is 1. The first-order chi connectivity index (χ1) is 9.91. The van der Waals surface area contributed by atoms with Crippen LogP contribution in [-0.4, -0.2) is 31.8 Å². The minimum atomic E-state index is -3.36. The van der Waals surface area contributed by atoms with Crippen LogP contribution in [0.25, 0.3) is 0 Å². The largest absolute Gasteiger partial charge is 0.305 e. The molecule has 2 aromatic rings. The molecule has 0 aliphatic rings. The van der Waals surface area contributed by atoms with Crippen LogP contribution >= 0.6 is 11.3 Å². The van der Waals surface area contributed by atoms with Crippen molar-refractivity contribution >= 4 is 21.4 Å². The average molecular weight is 325 g/mol. The van der Waals surface area contributed by atoms with Gasteiger partial charge in [0.1, 0.15) is 0 Å². The summed E-state index contributed by atoms with van der Waals surface area (Å²) >= 11 is 1.57. The first-order valence-electron chi connectivity index (χ1n) is 6.54. The van der Waals surface area contributed by atoms with E-state index in [0.717, 1.165) is 11.3 Å². The standard InChI is InChI=1S/C14H19N3O2S2/c1-11(15-8-13-9-20-10-16-13)12-4-6-14(7-5-12)21(18,19)17(2)3/h4-7,9-11,15H,8H2,1-3H3. The number of rotatable bonds is 6. The first kappa shape index (κ1) is 16.1. The SMILES string of the molecule is CC(NCc1cscn1)c1ccc(S(=O)(=O)N(C)C)cc1. The molecule has 0 aliphatic carbocycles. The zero-order chi connectivity index (χ0) is 15.5. The van der Waals surface area contributed by atoms with Crippen molar-refractivity contribution in [2.45, 2.75) is 24.4 Å². The third-order valence-corrected chi connectivity index (χ3v) is 5.70. The van der Waals surface area contributed by atoms with Crippen LogP contribution in [0.4, 0.5) is 0 Å². The molecule has 1 aromatic heterocycles. The van der Waals surface area contributed by atoms with Gasteiger partial charge in [-0.25, -0.2) is 17.7 Å². The van der Waals surface area contributed by atoms with E-state index in [2.05, 4.69) is 10.3 Å². The van der Waals surface area contributed by atoms with Crippen molar-refractivity contribution in [1.82, 2.24) is 14.6 Å². The molecule has 0 bridgehead atoms. The van der Waals surface area contributed by atoms with E-state index >= 15 is 0 Å². The summed E-state index contributed by atoms with van der Waals surface area (Å²) in [7, 11) is -0.305. The van der Waals surface area contributed by atoms with Gasteiger partial charge in [0, 0.05) is 32.1 Å². The van der Waals surface area contributed by atoms with Gasteiger partial charge in [-0.15, -0.1) is 11.3 Å². The summed E-state index contributed by atoms with van der Waals surface area (Å²) in [6.45, 7) is 2.74. The van der Waals surface area contributed by atoms with Crippen LogP contribution < -0.4 is 5.32 Å². The topological polar surface area (TPSA) is 62.3 Å². The third kappa shape index (κ3) is 3.88. The highest BCUT2D eigenvalue weighted by molar-refractivity contribution is 7.89. The van der Waals surface area contributed by atoms with Crippen LogP contribution in [0.3, 0.4) is 0 Å². The Morgan fingerprint density at radius 1 is 1.29 bits per heavy atom. The molecule has 1 N–H and O–H groups in total. The molecule has 5 nitrogen and oxygen atoms in total. The predicted octanol–water partition coefficient (Wildman–Crippen LogP) is 2.24. The Labute approximate surface area is 129 Å². The maximum Gasteiger partial charge on any atom is 0.242 e. The maximum atomic E-state index is 12.0. The molecule has 1 aromatic carbocycles. The fourth-order valence-corrected chi connectivity index (χ4v) is 3.30. The molecule has 0 saturated heterocycles. The second-order valence-electron chi connectivity index (χ2n) is 4.94. The molecular weight excluding hydrogens is 306 g/mol. The fraction of sp³-hybridized carbons (Fsp3) is 0.357. The van der Waals surface area contributed by atoms with Crippen molar-refractivity contribution in [3.63, 3.8) is 0 Å². The number of nitrogens with zero attached hydrogens (tertiary/aromatic N) is 2. The van der Waals surface area contributed by atoms with Crippen LogP contribution in [0.5, 0.6) is 0 Å². The molecule has 1 atom stereocenters. The van der Waals surface area contributed by atoms with Crippen LogP contribution in [0.15, 0.2) is 40.1 Å². The molecule has 0 amide bonds. The Kier molecular flexibility index (Phi) is 5.10. The van der Waals surface area contributed by atoms with Crippen LogP contribution in [0.1, 0.15) is 24.2 Å². The van der Waals surface area contributed by atoms with Crippen molar-refractivity contribution < 1.29 is 8.42 Å². The molecule has 1 unspecified atom stereocenters. The van der Waals surface area contributed by atoms with E-state index in [9.17, 15) is 8.42 Å². The summed E-state index contributed by atoms with van der Waals surface area (Å²) in [5.41, 5.74) is 3.87. The molecule has 0 fully saturated rings. The second kappa shape index (κ2) is 6.65.